The molecule has 0 unspecified atom stereocenters. The zero-order valence-electron chi connectivity index (χ0n) is 10.2. The van der Waals surface area contributed by atoms with Crippen molar-refractivity contribution in [3.63, 3.8) is 0 Å². The largest absolute Gasteiger partial charge is 0.508 e. The molecular formula is C16H16O2. The van der Waals surface area contributed by atoms with Crippen molar-refractivity contribution in [3.05, 3.63) is 72.3 Å². The average molecular weight is 240 g/mol. The molecule has 2 heteroatoms. The van der Waals surface area contributed by atoms with Crippen molar-refractivity contribution < 1.29 is 9.84 Å². The first kappa shape index (κ1) is 12.2. The fraction of sp³-hybridized carbons (Fsp3) is 0.125. The van der Waals surface area contributed by atoms with E-state index in [4.69, 9.17) is 4.74 Å². The van der Waals surface area contributed by atoms with E-state index < -0.39 is 0 Å². The molecule has 0 radical (unpaired) electrons. The van der Waals surface area contributed by atoms with Crippen molar-refractivity contribution in [3.8, 4) is 11.5 Å². The minimum Gasteiger partial charge on any atom is -0.508 e. The summed E-state index contributed by atoms with van der Waals surface area (Å²) in [7, 11) is 0. The van der Waals surface area contributed by atoms with Crippen LogP contribution in [0.5, 0.6) is 11.5 Å². The van der Waals surface area contributed by atoms with E-state index in [1.165, 1.54) is 0 Å². The molecule has 0 aliphatic rings. The first-order chi connectivity index (χ1) is 8.79. The van der Waals surface area contributed by atoms with Crippen LogP contribution in [0.4, 0.5) is 0 Å². The molecule has 0 aliphatic carbocycles. The van der Waals surface area contributed by atoms with Gasteiger partial charge in [0.2, 0.25) is 0 Å². The van der Waals surface area contributed by atoms with Crippen molar-refractivity contribution in [2.45, 2.75) is 13.0 Å². The standard InChI is InChI=1S/C16H16O2/c1-2-6-14-11-15(9-10-16(14)17)18-12-13-7-4-3-5-8-13/h2-5,7-11,17H,1,6,12H2. The molecule has 0 aliphatic heterocycles. The maximum Gasteiger partial charge on any atom is 0.120 e. The Morgan fingerprint density at radius 1 is 1.11 bits per heavy atom. The van der Waals surface area contributed by atoms with Gasteiger partial charge < -0.3 is 9.84 Å². The van der Waals surface area contributed by atoms with Gasteiger partial charge in [-0.15, -0.1) is 6.58 Å². The monoisotopic (exact) mass is 240 g/mol. The molecule has 0 heterocycles. The summed E-state index contributed by atoms with van der Waals surface area (Å²) in [5.41, 5.74) is 1.95. The Balaban J connectivity index is 2.05. The first-order valence-corrected chi connectivity index (χ1v) is 5.89. The summed E-state index contributed by atoms with van der Waals surface area (Å²) in [5, 5.41) is 9.65. The predicted molar refractivity (Wildman–Crippen MR) is 72.8 cm³/mol. The van der Waals surface area contributed by atoms with E-state index in [0.717, 1.165) is 16.9 Å². The average Bonchev–Trinajstić information content (AvgIpc) is 2.41. The molecule has 2 rings (SSSR count). The van der Waals surface area contributed by atoms with Gasteiger partial charge in [-0.3, -0.25) is 0 Å². The number of phenolic OH excluding ortho intramolecular Hbond substituents is 1. The highest BCUT2D eigenvalue weighted by molar-refractivity contribution is 5.40. The second-order valence-corrected chi connectivity index (χ2v) is 4.06. The zero-order chi connectivity index (χ0) is 12.8. The lowest BCUT2D eigenvalue weighted by molar-refractivity contribution is 0.305. The number of benzene rings is 2. The van der Waals surface area contributed by atoms with Crippen LogP contribution in [0.25, 0.3) is 0 Å². The van der Waals surface area contributed by atoms with Crippen LogP contribution in [-0.2, 0) is 13.0 Å². The molecular weight excluding hydrogens is 224 g/mol. The Hall–Kier alpha value is -2.22. The highest BCUT2D eigenvalue weighted by atomic mass is 16.5. The van der Waals surface area contributed by atoms with Crippen LogP contribution in [-0.4, -0.2) is 5.11 Å². The Morgan fingerprint density at radius 2 is 1.89 bits per heavy atom. The zero-order valence-corrected chi connectivity index (χ0v) is 10.2. The predicted octanol–water partition coefficient (Wildman–Crippen LogP) is 3.70. The minimum absolute atomic E-state index is 0.280. The molecule has 0 fully saturated rings. The molecule has 0 bridgehead atoms. The third-order valence-electron chi connectivity index (χ3n) is 2.66. The van der Waals surface area contributed by atoms with Gasteiger partial charge in [0.15, 0.2) is 0 Å². The number of hydrogen-bond acceptors (Lipinski definition) is 2. The smallest absolute Gasteiger partial charge is 0.120 e. The minimum atomic E-state index is 0.280. The van der Waals surface area contributed by atoms with E-state index in [2.05, 4.69) is 6.58 Å². The quantitative estimate of drug-likeness (QED) is 0.807. The lowest BCUT2D eigenvalue weighted by atomic mass is 10.1. The van der Waals surface area contributed by atoms with Crippen molar-refractivity contribution in [2.24, 2.45) is 0 Å². The molecule has 2 nitrogen and oxygen atoms in total. The molecule has 0 saturated carbocycles. The van der Waals surface area contributed by atoms with Crippen LogP contribution in [0.3, 0.4) is 0 Å². The summed E-state index contributed by atoms with van der Waals surface area (Å²) in [6.07, 6.45) is 2.39. The van der Waals surface area contributed by atoms with Crippen LogP contribution >= 0.6 is 0 Å². The molecule has 2 aromatic rings. The molecule has 0 spiro atoms. The summed E-state index contributed by atoms with van der Waals surface area (Å²) in [6, 6.07) is 15.3. The third kappa shape index (κ3) is 3.14. The van der Waals surface area contributed by atoms with Gasteiger partial charge in [-0.05, 0) is 30.2 Å². The summed E-state index contributed by atoms with van der Waals surface area (Å²) in [4.78, 5) is 0. The molecule has 0 saturated heterocycles. The van der Waals surface area contributed by atoms with E-state index in [9.17, 15) is 5.11 Å². The summed E-state index contributed by atoms with van der Waals surface area (Å²) < 4.78 is 5.69. The third-order valence-corrected chi connectivity index (χ3v) is 2.66. The lowest BCUT2D eigenvalue weighted by Crippen LogP contribution is -1.95. The van der Waals surface area contributed by atoms with Gasteiger partial charge in [-0.25, -0.2) is 0 Å². The fourth-order valence-electron chi connectivity index (χ4n) is 1.71. The van der Waals surface area contributed by atoms with Gasteiger partial charge in [0.25, 0.3) is 0 Å². The van der Waals surface area contributed by atoms with Crippen LogP contribution in [0, 0.1) is 0 Å². The van der Waals surface area contributed by atoms with E-state index in [0.29, 0.717) is 13.0 Å². The molecule has 2 aromatic carbocycles. The summed E-state index contributed by atoms with van der Waals surface area (Å²) in [5.74, 6) is 1.04. The molecule has 18 heavy (non-hydrogen) atoms. The maximum atomic E-state index is 9.65. The molecule has 1 N–H and O–H groups in total. The van der Waals surface area contributed by atoms with Crippen LogP contribution in [0.1, 0.15) is 11.1 Å². The summed E-state index contributed by atoms with van der Waals surface area (Å²) in [6.45, 7) is 4.20. The Bertz CT molecular complexity index is 518. The number of ether oxygens (including phenoxy) is 1. The highest BCUT2D eigenvalue weighted by Crippen LogP contribution is 2.24. The maximum absolute atomic E-state index is 9.65. The Labute approximate surface area is 107 Å². The Kier molecular flexibility index (Phi) is 4.02. The second kappa shape index (κ2) is 5.92. The van der Waals surface area contributed by atoms with Crippen LogP contribution < -0.4 is 4.74 Å². The Morgan fingerprint density at radius 3 is 2.61 bits per heavy atom. The van der Waals surface area contributed by atoms with Crippen LogP contribution in [0.2, 0.25) is 0 Å². The van der Waals surface area contributed by atoms with E-state index in [1.54, 1.807) is 18.2 Å². The van der Waals surface area contributed by atoms with Crippen molar-refractivity contribution >= 4 is 0 Å². The number of hydrogen-bond donors (Lipinski definition) is 1. The van der Waals surface area contributed by atoms with Crippen LogP contribution in [0.15, 0.2) is 61.2 Å². The topological polar surface area (TPSA) is 29.5 Å². The van der Waals surface area contributed by atoms with Crippen molar-refractivity contribution in [1.82, 2.24) is 0 Å². The number of aromatic hydroxyl groups is 1. The second-order valence-electron chi connectivity index (χ2n) is 4.06. The number of rotatable bonds is 5. The normalized spacial score (nSPS) is 10.0. The van der Waals surface area contributed by atoms with E-state index in [1.807, 2.05) is 36.4 Å². The molecule has 0 atom stereocenters. The van der Waals surface area contributed by atoms with Gasteiger partial charge in [0.05, 0.1) is 0 Å². The molecule has 0 aromatic heterocycles. The molecule has 92 valence electrons. The van der Waals surface area contributed by atoms with Crippen molar-refractivity contribution in [1.29, 1.82) is 0 Å². The van der Waals surface area contributed by atoms with Gasteiger partial charge in [-0.1, -0.05) is 36.4 Å². The van der Waals surface area contributed by atoms with E-state index in [-0.39, 0.29) is 5.75 Å². The van der Waals surface area contributed by atoms with Gasteiger partial charge >= 0.3 is 0 Å². The van der Waals surface area contributed by atoms with Crippen molar-refractivity contribution in [2.75, 3.05) is 0 Å². The highest BCUT2D eigenvalue weighted by Gasteiger charge is 2.02. The fourth-order valence-corrected chi connectivity index (χ4v) is 1.71. The van der Waals surface area contributed by atoms with Gasteiger partial charge in [0.1, 0.15) is 18.1 Å². The molecule has 0 amide bonds. The lowest BCUT2D eigenvalue weighted by Gasteiger charge is -2.08. The van der Waals surface area contributed by atoms with Gasteiger partial charge in [0, 0.05) is 5.56 Å². The van der Waals surface area contributed by atoms with E-state index >= 15 is 0 Å². The SMILES string of the molecule is C=CCc1cc(OCc2ccccc2)ccc1O. The van der Waals surface area contributed by atoms with Gasteiger partial charge in [-0.2, -0.15) is 0 Å². The number of phenols is 1. The first-order valence-electron chi connectivity index (χ1n) is 5.89. The summed E-state index contributed by atoms with van der Waals surface area (Å²) >= 11 is 0. The number of allylic oxidation sites excluding steroid dienone is 1.